The Bertz CT molecular complexity index is 750. The van der Waals surface area contributed by atoms with Crippen LogP contribution >= 0.6 is 27.5 Å². The van der Waals surface area contributed by atoms with Gasteiger partial charge in [-0.1, -0.05) is 23.7 Å². The number of nitrogens with zero attached hydrogens (tertiary/aromatic N) is 1. The fraction of sp³-hybridized carbons (Fsp3) is 0.125. The number of rotatable bonds is 5. The number of halogens is 2. The molecule has 2 N–H and O–H groups in total. The van der Waals surface area contributed by atoms with Gasteiger partial charge in [-0.05, 0) is 53.2 Å². The Kier molecular flexibility index (Phi) is 6.01. The lowest BCUT2D eigenvalue weighted by Gasteiger charge is -2.08. The van der Waals surface area contributed by atoms with Crippen LogP contribution in [0.1, 0.15) is 12.5 Å². The molecule has 0 saturated carbocycles. The smallest absolute Gasteiger partial charge is 0.277 e. The molecule has 0 bridgehead atoms. The number of nitrogens with one attached hydrogen (secondary N) is 1. The number of para-hydroxylation sites is 1. The van der Waals surface area contributed by atoms with Gasteiger partial charge in [0.25, 0.3) is 5.91 Å². The van der Waals surface area contributed by atoms with E-state index in [1.165, 1.54) is 0 Å². The van der Waals surface area contributed by atoms with Crippen LogP contribution in [0.15, 0.2) is 52.0 Å². The van der Waals surface area contributed by atoms with E-state index in [0.29, 0.717) is 26.5 Å². The van der Waals surface area contributed by atoms with Gasteiger partial charge < -0.3 is 9.84 Å². The van der Waals surface area contributed by atoms with Crippen LogP contribution in [0.4, 0.5) is 0 Å². The van der Waals surface area contributed by atoms with Crippen molar-refractivity contribution in [2.75, 3.05) is 6.61 Å². The van der Waals surface area contributed by atoms with Crippen molar-refractivity contribution in [2.24, 2.45) is 5.10 Å². The van der Waals surface area contributed by atoms with Crippen molar-refractivity contribution < 1.29 is 14.6 Å². The second kappa shape index (κ2) is 7.99. The van der Waals surface area contributed by atoms with Crippen LogP contribution in [0.25, 0.3) is 0 Å². The van der Waals surface area contributed by atoms with Gasteiger partial charge in [0.15, 0.2) is 6.61 Å². The number of carbonyl (C=O) groups excluding carboxylic acids is 1. The van der Waals surface area contributed by atoms with Crippen molar-refractivity contribution in [3.8, 4) is 11.5 Å². The lowest BCUT2D eigenvalue weighted by molar-refractivity contribution is -0.123. The summed E-state index contributed by atoms with van der Waals surface area (Å²) in [6, 6.07) is 11.8. The van der Waals surface area contributed by atoms with Gasteiger partial charge in [0.05, 0.1) is 10.2 Å². The van der Waals surface area contributed by atoms with Crippen molar-refractivity contribution in [3.05, 3.63) is 57.5 Å². The lowest BCUT2D eigenvalue weighted by atomic mass is 10.1. The first-order chi connectivity index (χ1) is 11.0. The van der Waals surface area contributed by atoms with Gasteiger partial charge in [-0.2, -0.15) is 5.10 Å². The summed E-state index contributed by atoms with van der Waals surface area (Å²) in [6.07, 6.45) is 0. The monoisotopic (exact) mass is 396 g/mol. The van der Waals surface area contributed by atoms with Gasteiger partial charge in [-0.25, -0.2) is 5.43 Å². The molecule has 23 heavy (non-hydrogen) atoms. The molecule has 7 heteroatoms. The molecule has 0 aliphatic rings. The van der Waals surface area contributed by atoms with E-state index < -0.39 is 5.91 Å². The molecule has 1 amide bonds. The molecule has 0 radical (unpaired) electrons. The predicted octanol–water partition coefficient (Wildman–Crippen LogP) is 3.73. The molecule has 2 rings (SSSR count). The zero-order chi connectivity index (χ0) is 16.8. The average molecular weight is 398 g/mol. The molecule has 0 spiro atoms. The Balaban J connectivity index is 1.92. The molecule has 5 nitrogen and oxygen atoms in total. The van der Waals surface area contributed by atoms with Crippen molar-refractivity contribution in [2.45, 2.75) is 6.92 Å². The molecule has 0 saturated heterocycles. The Morgan fingerprint density at radius 3 is 2.78 bits per heavy atom. The van der Waals surface area contributed by atoms with E-state index in [-0.39, 0.29) is 12.4 Å². The van der Waals surface area contributed by atoms with Crippen LogP contribution in [-0.4, -0.2) is 23.3 Å². The normalized spacial score (nSPS) is 11.2. The number of ether oxygens (including phenoxy) is 1. The largest absolute Gasteiger partial charge is 0.507 e. The van der Waals surface area contributed by atoms with Crippen LogP contribution in [0.3, 0.4) is 0 Å². The lowest BCUT2D eigenvalue weighted by Crippen LogP contribution is -2.25. The summed E-state index contributed by atoms with van der Waals surface area (Å²) < 4.78 is 6.04. The molecule has 0 aliphatic carbocycles. The summed E-state index contributed by atoms with van der Waals surface area (Å²) in [5.41, 5.74) is 3.42. The maximum absolute atomic E-state index is 11.8. The number of carbonyl (C=O) groups is 1. The minimum atomic E-state index is -0.415. The Labute approximate surface area is 147 Å². The molecule has 0 unspecified atom stereocenters. The van der Waals surface area contributed by atoms with Gasteiger partial charge in [-0.3, -0.25) is 4.79 Å². The number of phenolic OH excluding ortho intramolecular Hbond substituents is 1. The molecule has 120 valence electrons. The van der Waals surface area contributed by atoms with Crippen LogP contribution in [0, 0.1) is 0 Å². The number of hydrogen-bond donors (Lipinski definition) is 2. The molecule has 0 heterocycles. The Morgan fingerprint density at radius 2 is 2.09 bits per heavy atom. The number of benzene rings is 2. The Hall–Kier alpha value is -2.05. The number of amides is 1. The minimum Gasteiger partial charge on any atom is -0.507 e. The number of hydrazone groups is 1. The van der Waals surface area contributed by atoms with E-state index >= 15 is 0 Å². The molecule has 2 aromatic rings. The first kappa shape index (κ1) is 17.3. The fourth-order valence-corrected chi connectivity index (χ4v) is 2.55. The molecule has 0 atom stereocenters. The van der Waals surface area contributed by atoms with E-state index in [0.717, 1.165) is 0 Å². The number of phenols is 1. The van der Waals surface area contributed by atoms with Gasteiger partial charge in [0.1, 0.15) is 11.5 Å². The Morgan fingerprint density at radius 1 is 1.35 bits per heavy atom. The molecule has 2 aromatic carbocycles. The third-order valence-corrected chi connectivity index (χ3v) is 3.75. The molecular weight excluding hydrogens is 384 g/mol. The van der Waals surface area contributed by atoms with Crippen LogP contribution in [0.5, 0.6) is 11.5 Å². The SMILES string of the molecule is CC(=NNC(=O)COc1ccc(Cl)cc1Br)c1ccccc1O. The summed E-state index contributed by atoms with van der Waals surface area (Å²) in [4.78, 5) is 11.8. The van der Waals surface area contributed by atoms with Crippen LogP contribution < -0.4 is 10.2 Å². The maximum Gasteiger partial charge on any atom is 0.277 e. The average Bonchev–Trinajstić information content (AvgIpc) is 2.52. The highest BCUT2D eigenvalue weighted by atomic mass is 79.9. The summed E-state index contributed by atoms with van der Waals surface area (Å²) in [7, 11) is 0. The van der Waals surface area contributed by atoms with Crippen molar-refractivity contribution in [1.82, 2.24) is 5.43 Å². The first-order valence-corrected chi connectivity index (χ1v) is 7.84. The second-order valence-electron chi connectivity index (χ2n) is 4.61. The first-order valence-electron chi connectivity index (χ1n) is 6.66. The van der Waals surface area contributed by atoms with E-state index in [4.69, 9.17) is 16.3 Å². The zero-order valence-electron chi connectivity index (χ0n) is 12.2. The number of aromatic hydroxyl groups is 1. The van der Waals surface area contributed by atoms with Gasteiger partial charge in [0.2, 0.25) is 0 Å². The maximum atomic E-state index is 11.8. The third kappa shape index (κ3) is 4.97. The van der Waals surface area contributed by atoms with Gasteiger partial charge in [-0.15, -0.1) is 0 Å². The van der Waals surface area contributed by atoms with Crippen LogP contribution in [0.2, 0.25) is 5.02 Å². The molecule has 0 fully saturated rings. The highest BCUT2D eigenvalue weighted by molar-refractivity contribution is 9.10. The topological polar surface area (TPSA) is 70.9 Å². The molecule has 0 aromatic heterocycles. The summed E-state index contributed by atoms with van der Waals surface area (Å²) >= 11 is 9.13. The van der Waals surface area contributed by atoms with E-state index in [1.54, 1.807) is 49.4 Å². The predicted molar refractivity (Wildman–Crippen MR) is 93.1 cm³/mol. The third-order valence-electron chi connectivity index (χ3n) is 2.89. The molecule has 0 aliphatic heterocycles. The van der Waals surface area contributed by atoms with Crippen molar-refractivity contribution in [1.29, 1.82) is 0 Å². The highest BCUT2D eigenvalue weighted by Gasteiger charge is 2.07. The standard InChI is InChI=1S/C16H14BrClN2O3/c1-10(12-4-2-3-5-14(12)21)19-20-16(22)9-23-15-7-6-11(18)8-13(15)17/h2-8,21H,9H2,1H3,(H,20,22). The van der Waals surface area contributed by atoms with E-state index in [2.05, 4.69) is 26.5 Å². The quantitative estimate of drug-likeness (QED) is 0.596. The second-order valence-corrected chi connectivity index (χ2v) is 5.90. The van der Waals surface area contributed by atoms with Crippen molar-refractivity contribution in [3.63, 3.8) is 0 Å². The summed E-state index contributed by atoms with van der Waals surface area (Å²) in [5.74, 6) is 0.192. The van der Waals surface area contributed by atoms with E-state index in [9.17, 15) is 9.90 Å². The fourth-order valence-electron chi connectivity index (χ4n) is 1.75. The summed E-state index contributed by atoms with van der Waals surface area (Å²) in [6.45, 7) is 1.49. The van der Waals surface area contributed by atoms with Crippen molar-refractivity contribution >= 4 is 39.1 Å². The molecular formula is C16H14BrClN2O3. The zero-order valence-corrected chi connectivity index (χ0v) is 14.6. The number of hydrogen-bond acceptors (Lipinski definition) is 4. The van der Waals surface area contributed by atoms with Gasteiger partial charge in [0, 0.05) is 10.6 Å². The van der Waals surface area contributed by atoms with Gasteiger partial charge >= 0.3 is 0 Å². The summed E-state index contributed by atoms with van der Waals surface area (Å²) in [5, 5.41) is 14.2. The highest BCUT2D eigenvalue weighted by Crippen LogP contribution is 2.27. The van der Waals surface area contributed by atoms with Crippen LogP contribution in [-0.2, 0) is 4.79 Å². The minimum absolute atomic E-state index is 0.101. The van der Waals surface area contributed by atoms with E-state index in [1.807, 2.05) is 0 Å².